The quantitative estimate of drug-likeness (QED) is 0.416. The lowest BCUT2D eigenvalue weighted by atomic mass is 10.2. The number of rotatable bonds is 9. The van der Waals surface area contributed by atoms with Crippen LogP contribution in [0.15, 0.2) is 55.8 Å². The highest BCUT2D eigenvalue weighted by Gasteiger charge is 2.03. The number of amides is 2. The number of furan rings is 2. The molecule has 126 valence electrons. The molecule has 0 spiro atoms. The van der Waals surface area contributed by atoms with E-state index in [-0.39, 0.29) is 11.8 Å². The van der Waals surface area contributed by atoms with Gasteiger partial charge in [0.05, 0.1) is 25.0 Å². The van der Waals surface area contributed by atoms with Crippen LogP contribution in [0.2, 0.25) is 0 Å². The molecule has 0 aliphatic rings. The summed E-state index contributed by atoms with van der Waals surface area (Å²) >= 11 is 0. The fourth-order valence-electron chi connectivity index (χ4n) is 1.75. The minimum absolute atomic E-state index is 0.214. The molecule has 2 aromatic rings. The van der Waals surface area contributed by atoms with Gasteiger partial charge in [0, 0.05) is 12.8 Å². The van der Waals surface area contributed by atoms with Crippen LogP contribution in [-0.2, 0) is 9.59 Å². The Hall–Kier alpha value is -3.16. The summed E-state index contributed by atoms with van der Waals surface area (Å²) in [6.45, 7) is 0. The molecule has 0 atom stereocenters. The Labute approximate surface area is 138 Å². The van der Waals surface area contributed by atoms with Crippen molar-refractivity contribution in [2.24, 2.45) is 10.2 Å². The lowest BCUT2D eigenvalue weighted by Gasteiger charge is -2.00. The predicted octanol–water partition coefficient (Wildman–Crippen LogP) is 2.03. The molecule has 0 saturated carbocycles. The lowest BCUT2D eigenvalue weighted by Crippen LogP contribution is -2.18. The monoisotopic (exact) mass is 330 g/mol. The molecule has 0 unspecified atom stereocenters. The van der Waals surface area contributed by atoms with Gasteiger partial charge in [-0.2, -0.15) is 10.2 Å². The van der Waals surface area contributed by atoms with E-state index < -0.39 is 0 Å². The first kappa shape index (κ1) is 17.2. The summed E-state index contributed by atoms with van der Waals surface area (Å²) in [5.74, 6) is 0.687. The van der Waals surface area contributed by atoms with Gasteiger partial charge in [-0.15, -0.1) is 0 Å². The van der Waals surface area contributed by atoms with Gasteiger partial charge in [0.1, 0.15) is 11.5 Å². The zero-order valence-corrected chi connectivity index (χ0v) is 13.0. The molecule has 2 rings (SSSR count). The molecule has 0 bridgehead atoms. The van der Waals surface area contributed by atoms with Crippen molar-refractivity contribution in [3.05, 3.63) is 48.3 Å². The fourth-order valence-corrected chi connectivity index (χ4v) is 1.75. The number of hydrogen-bond donors (Lipinski definition) is 2. The number of unbranched alkanes of at least 4 members (excludes halogenated alkanes) is 1. The largest absolute Gasteiger partial charge is 0.463 e. The average Bonchev–Trinajstić information content (AvgIpc) is 3.25. The van der Waals surface area contributed by atoms with Crippen molar-refractivity contribution < 1.29 is 18.4 Å². The number of nitrogens with one attached hydrogen (secondary N) is 2. The van der Waals surface area contributed by atoms with Gasteiger partial charge in [-0.1, -0.05) is 0 Å². The molecule has 8 heteroatoms. The van der Waals surface area contributed by atoms with Crippen LogP contribution in [-0.4, -0.2) is 24.2 Å². The lowest BCUT2D eigenvalue weighted by molar-refractivity contribution is -0.123. The molecule has 24 heavy (non-hydrogen) atoms. The third-order valence-corrected chi connectivity index (χ3v) is 2.91. The van der Waals surface area contributed by atoms with E-state index >= 15 is 0 Å². The number of carbonyl (C=O) groups is 2. The van der Waals surface area contributed by atoms with Crippen LogP contribution < -0.4 is 10.9 Å². The van der Waals surface area contributed by atoms with Crippen LogP contribution in [0.5, 0.6) is 0 Å². The second-order valence-corrected chi connectivity index (χ2v) is 4.82. The van der Waals surface area contributed by atoms with Crippen LogP contribution in [0.1, 0.15) is 37.2 Å². The maximum Gasteiger partial charge on any atom is 0.240 e. The molecule has 8 nitrogen and oxygen atoms in total. The Balaban J connectivity index is 1.52. The Kier molecular flexibility index (Phi) is 7.00. The normalized spacial score (nSPS) is 11.2. The van der Waals surface area contributed by atoms with E-state index in [1.807, 2.05) is 0 Å². The Bertz CT molecular complexity index is 615. The van der Waals surface area contributed by atoms with E-state index in [4.69, 9.17) is 8.83 Å². The third kappa shape index (κ3) is 6.73. The average molecular weight is 330 g/mol. The predicted molar refractivity (Wildman–Crippen MR) is 87.4 cm³/mol. The Morgan fingerprint density at radius 1 is 0.875 bits per heavy atom. The van der Waals surface area contributed by atoms with Gasteiger partial charge in [0.25, 0.3) is 0 Å². The fraction of sp³-hybridized carbons (Fsp3) is 0.250. The summed E-state index contributed by atoms with van der Waals surface area (Å²) in [6.07, 6.45) is 7.62. The van der Waals surface area contributed by atoms with Crippen LogP contribution in [0, 0.1) is 0 Å². The van der Waals surface area contributed by atoms with Crippen LogP contribution in [0.25, 0.3) is 0 Å². The molecule has 2 N–H and O–H groups in total. The second kappa shape index (κ2) is 9.78. The first-order valence-electron chi connectivity index (χ1n) is 7.45. The van der Waals surface area contributed by atoms with Crippen LogP contribution in [0.4, 0.5) is 0 Å². The van der Waals surface area contributed by atoms with Crippen molar-refractivity contribution in [1.82, 2.24) is 10.9 Å². The van der Waals surface area contributed by atoms with Crippen molar-refractivity contribution in [3.63, 3.8) is 0 Å². The zero-order chi connectivity index (χ0) is 17.0. The van der Waals surface area contributed by atoms with E-state index in [0.717, 1.165) is 0 Å². The molecular weight excluding hydrogens is 312 g/mol. The van der Waals surface area contributed by atoms with Crippen molar-refractivity contribution in [3.8, 4) is 0 Å². The zero-order valence-electron chi connectivity index (χ0n) is 13.0. The summed E-state index contributed by atoms with van der Waals surface area (Å²) in [4.78, 5) is 23.1. The Morgan fingerprint density at radius 2 is 1.33 bits per heavy atom. The van der Waals surface area contributed by atoms with Gasteiger partial charge < -0.3 is 8.83 Å². The van der Waals surface area contributed by atoms with E-state index in [9.17, 15) is 9.59 Å². The van der Waals surface area contributed by atoms with Gasteiger partial charge in [-0.25, -0.2) is 10.9 Å². The SMILES string of the molecule is O=C(CCCCC(=O)N/N=C\c1ccco1)N/N=C\c1ccco1. The summed E-state index contributed by atoms with van der Waals surface area (Å²) in [6, 6.07) is 6.91. The molecule has 0 aliphatic carbocycles. The molecule has 0 aromatic carbocycles. The molecular formula is C16H18N4O4. The van der Waals surface area contributed by atoms with Gasteiger partial charge in [0.15, 0.2) is 0 Å². The first-order valence-corrected chi connectivity index (χ1v) is 7.45. The third-order valence-electron chi connectivity index (χ3n) is 2.91. The number of nitrogens with zero attached hydrogens (tertiary/aromatic N) is 2. The topological polar surface area (TPSA) is 109 Å². The van der Waals surface area contributed by atoms with Crippen molar-refractivity contribution in [1.29, 1.82) is 0 Å². The summed E-state index contributed by atoms with van der Waals surface area (Å²) in [5.41, 5.74) is 4.79. The van der Waals surface area contributed by atoms with Gasteiger partial charge in [0.2, 0.25) is 11.8 Å². The molecule has 2 aromatic heterocycles. The number of carbonyl (C=O) groups excluding carboxylic acids is 2. The Morgan fingerprint density at radius 3 is 1.71 bits per heavy atom. The minimum atomic E-state index is -0.214. The van der Waals surface area contributed by atoms with Crippen molar-refractivity contribution >= 4 is 24.2 Å². The maximum absolute atomic E-state index is 11.5. The number of hydrogen-bond acceptors (Lipinski definition) is 6. The van der Waals surface area contributed by atoms with Gasteiger partial charge >= 0.3 is 0 Å². The molecule has 2 heterocycles. The van der Waals surface area contributed by atoms with Crippen molar-refractivity contribution in [2.75, 3.05) is 0 Å². The van der Waals surface area contributed by atoms with E-state index in [0.29, 0.717) is 37.2 Å². The molecule has 0 radical (unpaired) electrons. The maximum atomic E-state index is 11.5. The summed E-state index contributed by atoms with van der Waals surface area (Å²) in [7, 11) is 0. The highest BCUT2D eigenvalue weighted by Crippen LogP contribution is 2.00. The van der Waals surface area contributed by atoms with Crippen molar-refractivity contribution in [2.45, 2.75) is 25.7 Å². The summed E-state index contributed by atoms with van der Waals surface area (Å²) < 4.78 is 10.1. The van der Waals surface area contributed by atoms with Crippen LogP contribution in [0.3, 0.4) is 0 Å². The smallest absolute Gasteiger partial charge is 0.240 e. The number of hydrazone groups is 2. The van der Waals surface area contributed by atoms with Gasteiger partial charge in [-0.3, -0.25) is 9.59 Å². The molecule has 0 aliphatic heterocycles. The van der Waals surface area contributed by atoms with Crippen LogP contribution >= 0.6 is 0 Å². The highest BCUT2D eigenvalue weighted by atomic mass is 16.3. The van der Waals surface area contributed by atoms with E-state index in [1.54, 1.807) is 24.3 Å². The van der Waals surface area contributed by atoms with E-state index in [2.05, 4.69) is 21.1 Å². The standard InChI is InChI=1S/C16H18N4O4/c21-15(19-17-11-13-5-3-9-23-13)7-1-2-8-16(22)20-18-12-14-6-4-10-24-14/h3-6,9-12H,1-2,7-8H2,(H,19,21)(H,20,22)/b17-11-,18-12-. The molecule has 0 saturated heterocycles. The first-order chi connectivity index (χ1) is 11.7. The second-order valence-electron chi connectivity index (χ2n) is 4.82. The minimum Gasteiger partial charge on any atom is -0.463 e. The molecule has 0 fully saturated rings. The van der Waals surface area contributed by atoms with E-state index in [1.165, 1.54) is 25.0 Å². The summed E-state index contributed by atoms with van der Waals surface area (Å²) in [5, 5.41) is 7.53. The molecule has 2 amide bonds. The van der Waals surface area contributed by atoms with Gasteiger partial charge in [-0.05, 0) is 37.1 Å². The highest BCUT2D eigenvalue weighted by molar-refractivity contribution is 5.81.